The Balaban J connectivity index is 1.59. The van der Waals surface area contributed by atoms with Gasteiger partial charge < -0.3 is 23.5 Å². The Bertz CT molecular complexity index is 770. The van der Waals surface area contributed by atoms with E-state index in [0.29, 0.717) is 48.4 Å². The van der Waals surface area contributed by atoms with Crippen LogP contribution in [0.1, 0.15) is 29.0 Å². The SMILES string of the molecule is O=C(c1cc(Cl)c2c(c1)OCCO2)N(Cc1ccco1)CC1CCCO1. The summed E-state index contributed by atoms with van der Waals surface area (Å²) < 4.78 is 22.2. The standard InChI is InChI=1S/C19H20ClNO5/c20-16-9-13(10-17-18(16)26-8-7-25-17)19(22)21(11-14-3-1-5-23-14)12-15-4-2-6-24-15/h1,3,5,9-10,15H,2,4,6-8,11-12H2. The number of amides is 1. The third-order valence-electron chi connectivity index (χ3n) is 4.51. The van der Waals surface area contributed by atoms with Gasteiger partial charge in [-0.05, 0) is 37.1 Å². The molecular weight excluding hydrogens is 358 g/mol. The van der Waals surface area contributed by atoms with Gasteiger partial charge in [0.25, 0.3) is 5.91 Å². The molecule has 0 spiro atoms. The third kappa shape index (κ3) is 3.66. The normalized spacial score (nSPS) is 18.7. The Morgan fingerprint density at radius 3 is 2.88 bits per heavy atom. The molecule has 3 heterocycles. The highest BCUT2D eigenvalue weighted by atomic mass is 35.5. The van der Waals surface area contributed by atoms with E-state index in [1.54, 1.807) is 23.3 Å². The molecule has 0 radical (unpaired) electrons. The summed E-state index contributed by atoms with van der Waals surface area (Å²) in [5, 5.41) is 0.376. The minimum Gasteiger partial charge on any atom is -0.486 e. The van der Waals surface area contributed by atoms with Gasteiger partial charge >= 0.3 is 0 Å². The lowest BCUT2D eigenvalue weighted by Crippen LogP contribution is -2.37. The first kappa shape index (κ1) is 17.2. The molecule has 1 fully saturated rings. The number of ether oxygens (including phenoxy) is 3. The number of carbonyl (C=O) groups excluding carboxylic acids is 1. The molecule has 0 saturated carbocycles. The second-order valence-electron chi connectivity index (χ2n) is 6.38. The molecule has 2 aromatic rings. The zero-order chi connectivity index (χ0) is 17.9. The molecular formula is C19H20ClNO5. The zero-order valence-corrected chi connectivity index (χ0v) is 15.0. The number of hydrogen-bond acceptors (Lipinski definition) is 5. The summed E-state index contributed by atoms with van der Waals surface area (Å²) in [6.07, 6.45) is 3.61. The molecule has 6 nitrogen and oxygen atoms in total. The van der Waals surface area contributed by atoms with Crippen LogP contribution in [0.4, 0.5) is 0 Å². The van der Waals surface area contributed by atoms with Crippen LogP contribution in [0.2, 0.25) is 5.02 Å². The molecule has 1 saturated heterocycles. The quantitative estimate of drug-likeness (QED) is 0.797. The largest absolute Gasteiger partial charge is 0.486 e. The summed E-state index contributed by atoms with van der Waals surface area (Å²) in [4.78, 5) is 14.9. The Morgan fingerprint density at radius 2 is 2.12 bits per heavy atom. The van der Waals surface area contributed by atoms with Crippen LogP contribution in [0.15, 0.2) is 34.9 Å². The Labute approximate surface area is 156 Å². The van der Waals surface area contributed by atoms with Crippen molar-refractivity contribution in [3.63, 3.8) is 0 Å². The van der Waals surface area contributed by atoms with Gasteiger partial charge in [0, 0.05) is 18.7 Å². The summed E-state index contributed by atoms with van der Waals surface area (Å²) in [6, 6.07) is 6.98. The number of nitrogens with zero attached hydrogens (tertiary/aromatic N) is 1. The van der Waals surface area contributed by atoms with E-state index in [4.69, 9.17) is 30.2 Å². The summed E-state index contributed by atoms with van der Waals surface area (Å²) in [7, 11) is 0. The van der Waals surface area contributed by atoms with Crippen molar-refractivity contribution in [3.05, 3.63) is 46.9 Å². The van der Waals surface area contributed by atoms with Gasteiger partial charge in [-0.3, -0.25) is 4.79 Å². The lowest BCUT2D eigenvalue weighted by molar-refractivity contribution is 0.0491. The number of hydrogen-bond donors (Lipinski definition) is 0. The molecule has 1 aromatic carbocycles. The first-order chi connectivity index (χ1) is 12.7. The lowest BCUT2D eigenvalue weighted by Gasteiger charge is -2.26. The maximum absolute atomic E-state index is 13.2. The lowest BCUT2D eigenvalue weighted by atomic mass is 10.1. The number of benzene rings is 1. The first-order valence-electron chi connectivity index (χ1n) is 8.73. The molecule has 1 aromatic heterocycles. The molecule has 4 rings (SSSR count). The van der Waals surface area contributed by atoms with Crippen LogP contribution in [0, 0.1) is 0 Å². The molecule has 1 atom stereocenters. The Hall–Kier alpha value is -2.18. The fourth-order valence-corrected chi connectivity index (χ4v) is 3.53. The van der Waals surface area contributed by atoms with Gasteiger partial charge in [-0.15, -0.1) is 0 Å². The van der Waals surface area contributed by atoms with E-state index in [0.717, 1.165) is 25.2 Å². The highest BCUT2D eigenvalue weighted by Gasteiger charge is 2.26. The first-order valence-corrected chi connectivity index (χ1v) is 9.11. The van der Waals surface area contributed by atoms with Crippen molar-refractivity contribution >= 4 is 17.5 Å². The van der Waals surface area contributed by atoms with Crippen LogP contribution in [-0.2, 0) is 11.3 Å². The zero-order valence-electron chi connectivity index (χ0n) is 14.3. The van der Waals surface area contributed by atoms with Gasteiger partial charge in [0.2, 0.25) is 0 Å². The minimum atomic E-state index is -0.143. The summed E-state index contributed by atoms with van der Waals surface area (Å²) in [5.74, 6) is 1.57. The van der Waals surface area contributed by atoms with E-state index in [2.05, 4.69) is 0 Å². The molecule has 7 heteroatoms. The molecule has 0 aliphatic carbocycles. The third-order valence-corrected chi connectivity index (χ3v) is 4.79. The fraction of sp³-hybridized carbons (Fsp3) is 0.421. The van der Waals surface area contributed by atoms with Crippen molar-refractivity contribution in [1.29, 1.82) is 0 Å². The van der Waals surface area contributed by atoms with E-state index in [9.17, 15) is 4.79 Å². The topological polar surface area (TPSA) is 61.1 Å². The summed E-state index contributed by atoms with van der Waals surface area (Å²) in [6.45, 7) is 2.50. The smallest absolute Gasteiger partial charge is 0.254 e. The average molecular weight is 378 g/mol. The maximum Gasteiger partial charge on any atom is 0.254 e. The van der Waals surface area contributed by atoms with Crippen LogP contribution in [0.5, 0.6) is 11.5 Å². The number of carbonyl (C=O) groups is 1. The number of rotatable bonds is 5. The van der Waals surface area contributed by atoms with Crippen LogP contribution >= 0.6 is 11.6 Å². The molecule has 2 aliphatic heterocycles. The van der Waals surface area contributed by atoms with Gasteiger partial charge in [-0.25, -0.2) is 0 Å². The van der Waals surface area contributed by atoms with E-state index in [-0.39, 0.29) is 12.0 Å². The highest BCUT2D eigenvalue weighted by molar-refractivity contribution is 6.32. The van der Waals surface area contributed by atoms with E-state index < -0.39 is 0 Å². The second-order valence-corrected chi connectivity index (χ2v) is 6.79. The van der Waals surface area contributed by atoms with Crippen molar-refractivity contribution < 1.29 is 23.4 Å². The summed E-state index contributed by atoms with van der Waals surface area (Å²) in [5.41, 5.74) is 0.462. The Morgan fingerprint density at radius 1 is 1.23 bits per heavy atom. The molecule has 0 N–H and O–H groups in total. The van der Waals surface area contributed by atoms with Crippen molar-refractivity contribution in [3.8, 4) is 11.5 Å². The second kappa shape index (κ2) is 7.60. The molecule has 2 aliphatic rings. The number of furan rings is 1. The van der Waals surface area contributed by atoms with Gasteiger partial charge in [0.1, 0.15) is 19.0 Å². The van der Waals surface area contributed by atoms with Crippen LogP contribution in [0.3, 0.4) is 0 Å². The van der Waals surface area contributed by atoms with E-state index in [1.165, 1.54) is 0 Å². The number of fused-ring (bicyclic) bond motifs is 1. The average Bonchev–Trinajstić information content (AvgIpc) is 3.34. The summed E-state index contributed by atoms with van der Waals surface area (Å²) >= 11 is 6.29. The van der Waals surface area contributed by atoms with Crippen LogP contribution in [0.25, 0.3) is 0 Å². The predicted molar refractivity (Wildman–Crippen MR) is 94.9 cm³/mol. The highest BCUT2D eigenvalue weighted by Crippen LogP contribution is 2.38. The molecule has 138 valence electrons. The van der Waals surface area contributed by atoms with Crippen molar-refractivity contribution in [2.45, 2.75) is 25.5 Å². The monoisotopic (exact) mass is 377 g/mol. The predicted octanol–water partition coefficient (Wildman–Crippen LogP) is 3.53. The molecule has 1 amide bonds. The molecule has 26 heavy (non-hydrogen) atoms. The van der Waals surface area contributed by atoms with Crippen LogP contribution in [-0.4, -0.2) is 43.3 Å². The number of halogens is 1. The maximum atomic E-state index is 13.2. The van der Waals surface area contributed by atoms with Gasteiger partial charge in [0.05, 0.1) is 23.9 Å². The molecule has 0 bridgehead atoms. The Kier molecular flexibility index (Phi) is 5.04. The van der Waals surface area contributed by atoms with Crippen molar-refractivity contribution in [2.24, 2.45) is 0 Å². The van der Waals surface area contributed by atoms with E-state index in [1.807, 2.05) is 12.1 Å². The molecule has 1 unspecified atom stereocenters. The van der Waals surface area contributed by atoms with Gasteiger partial charge in [0.15, 0.2) is 11.5 Å². The fourth-order valence-electron chi connectivity index (χ4n) is 3.26. The van der Waals surface area contributed by atoms with Crippen LogP contribution < -0.4 is 9.47 Å². The van der Waals surface area contributed by atoms with Crippen molar-refractivity contribution in [2.75, 3.05) is 26.4 Å². The van der Waals surface area contributed by atoms with Gasteiger partial charge in [-0.2, -0.15) is 0 Å². The minimum absolute atomic E-state index is 0.0431. The van der Waals surface area contributed by atoms with Gasteiger partial charge in [-0.1, -0.05) is 11.6 Å². The van der Waals surface area contributed by atoms with Crippen molar-refractivity contribution in [1.82, 2.24) is 4.90 Å². The van der Waals surface area contributed by atoms with E-state index >= 15 is 0 Å².